The van der Waals surface area contributed by atoms with Gasteiger partial charge in [0.25, 0.3) is 0 Å². The molecular formula is C26H32O. The number of carbonyl (C=O) groups excluding carboxylic acids is 1. The first kappa shape index (κ1) is 17.5. The molecule has 1 aromatic rings. The quantitative estimate of drug-likeness (QED) is 0.428. The lowest BCUT2D eigenvalue weighted by Gasteiger charge is -2.59. The largest absolute Gasteiger partial charge is 0.289 e. The van der Waals surface area contributed by atoms with Crippen molar-refractivity contribution in [2.45, 2.75) is 58.8 Å². The summed E-state index contributed by atoms with van der Waals surface area (Å²) in [6.45, 7) is 4.99. The van der Waals surface area contributed by atoms with E-state index in [1.165, 1.54) is 38.5 Å². The van der Waals surface area contributed by atoms with Gasteiger partial charge in [0.15, 0.2) is 5.78 Å². The first-order valence-corrected chi connectivity index (χ1v) is 11.0. The van der Waals surface area contributed by atoms with Crippen LogP contribution in [-0.4, -0.2) is 5.78 Å². The maximum absolute atomic E-state index is 13.3. The average molecular weight is 361 g/mol. The van der Waals surface area contributed by atoms with Gasteiger partial charge in [0.2, 0.25) is 0 Å². The minimum atomic E-state index is 0.0851. The Morgan fingerprint density at radius 1 is 0.963 bits per heavy atom. The van der Waals surface area contributed by atoms with Gasteiger partial charge in [0, 0.05) is 11.1 Å². The zero-order valence-corrected chi connectivity index (χ0v) is 16.8. The Morgan fingerprint density at radius 3 is 2.59 bits per heavy atom. The van der Waals surface area contributed by atoms with Crippen molar-refractivity contribution in [1.82, 2.24) is 0 Å². The minimum absolute atomic E-state index is 0.0851. The summed E-state index contributed by atoms with van der Waals surface area (Å²) in [5, 5.41) is 0. The molecule has 1 unspecified atom stereocenters. The van der Waals surface area contributed by atoms with Crippen LogP contribution in [-0.2, 0) is 0 Å². The normalized spacial score (nSPS) is 42.7. The van der Waals surface area contributed by atoms with E-state index < -0.39 is 0 Å². The van der Waals surface area contributed by atoms with E-state index in [-0.39, 0.29) is 11.2 Å². The summed E-state index contributed by atoms with van der Waals surface area (Å²) in [4.78, 5) is 13.3. The number of ketones is 1. The van der Waals surface area contributed by atoms with E-state index in [9.17, 15) is 4.79 Å². The molecule has 1 heteroatoms. The minimum Gasteiger partial charge on any atom is -0.289 e. The molecule has 27 heavy (non-hydrogen) atoms. The molecular weight excluding hydrogens is 328 g/mol. The molecule has 0 heterocycles. The van der Waals surface area contributed by atoms with Gasteiger partial charge in [0.05, 0.1) is 0 Å². The Hall–Kier alpha value is -1.63. The average Bonchev–Trinajstić information content (AvgIpc) is 3.05. The predicted octanol–water partition coefficient (Wildman–Crippen LogP) is 6.61. The van der Waals surface area contributed by atoms with Crippen LogP contribution >= 0.6 is 0 Å². The van der Waals surface area contributed by atoms with Crippen molar-refractivity contribution in [2.75, 3.05) is 0 Å². The molecule has 2 saturated carbocycles. The second-order valence-electron chi connectivity index (χ2n) is 10.1. The van der Waals surface area contributed by atoms with Crippen molar-refractivity contribution in [3.63, 3.8) is 0 Å². The van der Waals surface area contributed by atoms with Crippen molar-refractivity contribution < 1.29 is 4.79 Å². The van der Waals surface area contributed by atoms with Gasteiger partial charge >= 0.3 is 0 Å². The Labute approximate surface area is 163 Å². The molecule has 0 aliphatic heterocycles. The Bertz CT molecular complexity index is 803. The summed E-state index contributed by atoms with van der Waals surface area (Å²) >= 11 is 0. The van der Waals surface area contributed by atoms with Gasteiger partial charge in [-0.15, -0.1) is 0 Å². The lowest BCUT2D eigenvalue weighted by molar-refractivity contribution is -0.0818. The lowest BCUT2D eigenvalue weighted by atomic mass is 9.45. The Morgan fingerprint density at radius 2 is 1.78 bits per heavy atom. The van der Waals surface area contributed by atoms with E-state index in [1.807, 2.05) is 30.3 Å². The van der Waals surface area contributed by atoms with E-state index in [1.54, 1.807) is 0 Å². The molecule has 0 aromatic heterocycles. The van der Waals surface area contributed by atoms with E-state index in [0.717, 1.165) is 35.3 Å². The molecule has 1 aromatic carbocycles. The summed E-state index contributed by atoms with van der Waals surface area (Å²) in [5.41, 5.74) is 2.56. The third-order valence-electron chi connectivity index (χ3n) is 9.07. The first-order valence-electron chi connectivity index (χ1n) is 11.0. The molecule has 0 bridgehead atoms. The Balaban J connectivity index is 1.44. The van der Waals surface area contributed by atoms with Crippen molar-refractivity contribution in [2.24, 2.45) is 34.5 Å². The van der Waals surface area contributed by atoms with Crippen LogP contribution in [0.4, 0.5) is 0 Å². The fourth-order valence-electron chi connectivity index (χ4n) is 7.50. The van der Waals surface area contributed by atoms with Crippen LogP contribution in [0.1, 0.15) is 69.2 Å². The summed E-state index contributed by atoms with van der Waals surface area (Å²) in [5.74, 6) is 3.47. The Kier molecular flexibility index (Phi) is 4.00. The van der Waals surface area contributed by atoms with Crippen LogP contribution in [0.2, 0.25) is 0 Å². The number of benzene rings is 1. The molecule has 0 saturated heterocycles. The highest BCUT2D eigenvalue weighted by molar-refractivity contribution is 6.09. The number of hydrogen-bond acceptors (Lipinski definition) is 1. The zero-order chi connectivity index (χ0) is 18.6. The molecule has 4 aliphatic carbocycles. The second-order valence-corrected chi connectivity index (χ2v) is 10.1. The summed E-state index contributed by atoms with van der Waals surface area (Å²) < 4.78 is 0. The van der Waals surface area contributed by atoms with Gasteiger partial charge in [-0.25, -0.2) is 0 Å². The van der Waals surface area contributed by atoms with Crippen molar-refractivity contribution in [3.8, 4) is 0 Å². The summed E-state index contributed by atoms with van der Waals surface area (Å²) in [6.07, 6.45) is 16.1. The van der Waals surface area contributed by atoms with Gasteiger partial charge in [-0.05, 0) is 79.4 Å². The molecule has 142 valence electrons. The van der Waals surface area contributed by atoms with Crippen LogP contribution in [0.15, 0.2) is 54.1 Å². The highest BCUT2D eigenvalue weighted by Gasteiger charge is 2.58. The van der Waals surface area contributed by atoms with Gasteiger partial charge in [-0.1, -0.05) is 62.4 Å². The number of hydrogen-bond donors (Lipinski definition) is 0. The smallest absolute Gasteiger partial charge is 0.189 e. The van der Waals surface area contributed by atoms with Gasteiger partial charge in [0.1, 0.15) is 0 Å². The highest BCUT2D eigenvalue weighted by atomic mass is 16.1. The summed E-state index contributed by atoms with van der Waals surface area (Å²) in [7, 11) is 0. The number of allylic oxidation sites excluding steroid dienone is 4. The van der Waals surface area contributed by atoms with Crippen molar-refractivity contribution in [3.05, 3.63) is 59.7 Å². The first-order chi connectivity index (χ1) is 13.0. The SMILES string of the molecule is C[C@]12CC=CCC1CC[C@@H]1[C@@H]2CC[C@]2(C)C(C(=O)c3ccccc3)=CC[C@@H]12. The topological polar surface area (TPSA) is 17.1 Å². The molecule has 5 rings (SSSR count). The molecule has 0 amide bonds. The molecule has 4 aliphatic rings. The van der Waals surface area contributed by atoms with Crippen LogP contribution in [0.25, 0.3) is 0 Å². The third-order valence-corrected chi connectivity index (χ3v) is 9.07. The second kappa shape index (κ2) is 6.19. The number of Topliss-reactive ketones (excluding diaryl/α,β-unsaturated/α-hetero) is 1. The van der Waals surface area contributed by atoms with E-state index in [2.05, 4.69) is 32.1 Å². The molecule has 1 nitrogen and oxygen atoms in total. The molecule has 0 N–H and O–H groups in total. The fourth-order valence-corrected chi connectivity index (χ4v) is 7.50. The van der Waals surface area contributed by atoms with Crippen LogP contribution in [0.3, 0.4) is 0 Å². The monoisotopic (exact) mass is 360 g/mol. The standard InChI is InChI=1S/C26H32O/c1-25-16-7-6-10-19(25)11-12-20-21-13-14-23(26(21,2)17-15-22(20)25)24(27)18-8-4-3-5-9-18/h3-9,14,19-22H,10-13,15-17H2,1-2H3/t19?,20-,21-,22-,25-,26-/m0/s1. The van der Waals surface area contributed by atoms with E-state index in [4.69, 9.17) is 0 Å². The van der Waals surface area contributed by atoms with Crippen LogP contribution in [0, 0.1) is 34.5 Å². The highest BCUT2D eigenvalue weighted by Crippen LogP contribution is 2.65. The van der Waals surface area contributed by atoms with Gasteiger partial charge in [-0.2, -0.15) is 0 Å². The van der Waals surface area contributed by atoms with Crippen molar-refractivity contribution >= 4 is 5.78 Å². The maximum atomic E-state index is 13.3. The zero-order valence-electron chi connectivity index (χ0n) is 16.8. The fraction of sp³-hybridized carbons (Fsp3) is 0.577. The molecule has 2 fully saturated rings. The molecule has 0 spiro atoms. The van der Waals surface area contributed by atoms with Gasteiger partial charge < -0.3 is 0 Å². The maximum Gasteiger partial charge on any atom is 0.189 e. The van der Waals surface area contributed by atoms with Gasteiger partial charge in [-0.3, -0.25) is 4.79 Å². The number of carbonyl (C=O) groups is 1. The molecule has 6 atom stereocenters. The third kappa shape index (κ3) is 2.46. The van der Waals surface area contributed by atoms with Crippen LogP contribution in [0.5, 0.6) is 0 Å². The van der Waals surface area contributed by atoms with Crippen LogP contribution < -0.4 is 0 Å². The number of fused-ring (bicyclic) bond motifs is 5. The molecule has 0 radical (unpaired) electrons. The number of rotatable bonds is 2. The van der Waals surface area contributed by atoms with E-state index in [0.29, 0.717) is 11.3 Å². The lowest BCUT2D eigenvalue weighted by Crippen LogP contribution is -2.52. The van der Waals surface area contributed by atoms with E-state index >= 15 is 0 Å². The summed E-state index contributed by atoms with van der Waals surface area (Å²) in [6, 6.07) is 9.92. The van der Waals surface area contributed by atoms with Crippen molar-refractivity contribution in [1.29, 1.82) is 0 Å². The predicted molar refractivity (Wildman–Crippen MR) is 110 cm³/mol.